The molecule has 0 aliphatic carbocycles. The van der Waals surface area contributed by atoms with E-state index < -0.39 is 5.97 Å². The molecule has 0 fully saturated rings. The topological polar surface area (TPSA) is 73.2 Å². The number of thiophene rings is 1. The fraction of sp³-hybridized carbons (Fsp3) is 0.0870. The Morgan fingerprint density at radius 3 is 2.61 bits per heavy atom. The van der Waals surface area contributed by atoms with Crippen LogP contribution in [0, 0.1) is 0 Å². The molecule has 4 aromatic rings. The van der Waals surface area contributed by atoms with Crippen LogP contribution in [0.15, 0.2) is 76.7 Å². The second-order valence-electron chi connectivity index (χ2n) is 6.53. The fourth-order valence-corrected chi connectivity index (χ4v) is 4.40. The predicted octanol–water partition coefficient (Wildman–Crippen LogP) is 5.79. The van der Waals surface area contributed by atoms with E-state index in [2.05, 4.69) is 26.3 Å². The molecule has 2 aromatic carbocycles. The molecule has 4 rings (SSSR count). The molecule has 0 aliphatic heterocycles. The zero-order chi connectivity index (χ0) is 21.8. The molecule has 2 heterocycles. The summed E-state index contributed by atoms with van der Waals surface area (Å²) in [7, 11) is 0. The number of carbonyl (C=O) groups is 2. The summed E-state index contributed by atoms with van der Waals surface area (Å²) in [4.78, 5) is 26.0. The molecule has 0 saturated carbocycles. The van der Waals surface area contributed by atoms with Gasteiger partial charge in [0.25, 0.3) is 5.91 Å². The third-order valence-electron chi connectivity index (χ3n) is 4.42. The molecule has 0 unspecified atom stereocenters. The molecule has 6 nitrogen and oxygen atoms in total. The highest BCUT2D eigenvalue weighted by atomic mass is 79.9. The minimum Gasteiger partial charge on any atom is -0.462 e. The molecular formula is C23H18BrN3O3S. The van der Waals surface area contributed by atoms with Crippen LogP contribution in [-0.4, -0.2) is 28.3 Å². The number of aromatic nitrogens is 2. The second kappa shape index (κ2) is 9.28. The Bertz CT molecular complexity index is 1230. The van der Waals surface area contributed by atoms with Crippen LogP contribution in [0.3, 0.4) is 0 Å². The minimum atomic E-state index is -0.431. The van der Waals surface area contributed by atoms with Gasteiger partial charge in [-0.25, -0.2) is 9.48 Å². The smallest absolute Gasteiger partial charge is 0.338 e. The van der Waals surface area contributed by atoms with Crippen LogP contribution in [0.5, 0.6) is 0 Å². The Hall–Kier alpha value is -3.23. The van der Waals surface area contributed by atoms with Crippen molar-refractivity contribution in [3.8, 4) is 16.3 Å². The van der Waals surface area contributed by atoms with Crippen molar-refractivity contribution in [3.05, 3.63) is 87.8 Å². The van der Waals surface area contributed by atoms with Gasteiger partial charge in [0.15, 0.2) is 0 Å². The molecule has 156 valence electrons. The van der Waals surface area contributed by atoms with E-state index in [0.717, 1.165) is 14.4 Å². The van der Waals surface area contributed by atoms with Gasteiger partial charge >= 0.3 is 5.97 Å². The van der Waals surface area contributed by atoms with Crippen LogP contribution >= 0.6 is 27.3 Å². The largest absolute Gasteiger partial charge is 0.462 e. The lowest BCUT2D eigenvalue weighted by Gasteiger charge is -2.07. The number of rotatable bonds is 6. The number of amides is 1. The number of nitrogens with one attached hydrogen (secondary N) is 1. The quantitative estimate of drug-likeness (QED) is 0.343. The van der Waals surface area contributed by atoms with Crippen LogP contribution < -0.4 is 5.32 Å². The number of carbonyl (C=O) groups excluding carboxylic acids is 2. The van der Waals surface area contributed by atoms with E-state index in [4.69, 9.17) is 4.74 Å². The van der Waals surface area contributed by atoms with Crippen LogP contribution in [-0.2, 0) is 4.74 Å². The van der Waals surface area contributed by atoms with Crippen molar-refractivity contribution in [1.82, 2.24) is 9.78 Å². The lowest BCUT2D eigenvalue weighted by Crippen LogP contribution is -2.13. The third-order valence-corrected chi connectivity index (χ3v) is 6.05. The standard InChI is InChI=1S/C23H18BrN3O3S/c1-2-30-23(29)15-7-6-8-16(13-15)25-22(28)18-14-27(17-9-4-3-5-10-17)26-21(18)19-11-12-20(24)31-19/h3-14H,2H2,1H3,(H,25,28). The summed E-state index contributed by atoms with van der Waals surface area (Å²) in [6.45, 7) is 2.03. The summed E-state index contributed by atoms with van der Waals surface area (Å²) in [5, 5.41) is 7.54. The van der Waals surface area contributed by atoms with Gasteiger partial charge in [-0.15, -0.1) is 11.3 Å². The molecular weight excluding hydrogens is 478 g/mol. The van der Waals surface area contributed by atoms with Gasteiger partial charge < -0.3 is 10.1 Å². The van der Waals surface area contributed by atoms with Crippen molar-refractivity contribution in [3.63, 3.8) is 0 Å². The number of ether oxygens (including phenoxy) is 1. The molecule has 0 bridgehead atoms. The van der Waals surface area contributed by atoms with E-state index in [0.29, 0.717) is 22.5 Å². The van der Waals surface area contributed by atoms with Gasteiger partial charge in [0, 0.05) is 11.9 Å². The molecule has 1 amide bonds. The normalized spacial score (nSPS) is 10.6. The highest BCUT2D eigenvalue weighted by molar-refractivity contribution is 9.11. The lowest BCUT2D eigenvalue weighted by molar-refractivity contribution is 0.0526. The molecule has 0 atom stereocenters. The molecule has 0 spiro atoms. The van der Waals surface area contributed by atoms with Crippen molar-refractivity contribution in [2.45, 2.75) is 6.92 Å². The summed E-state index contributed by atoms with van der Waals surface area (Å²) in [6.07, 6.45) is 1.71. The van der Waals surface area contributed by atoms with Crippen LogP contribution in [0.4, 0.5) is 5.69 Å². The van der Waals surface area contributed by atoms with E-state index in [1.54, 1.807) is 42.1 Å². The van der Waals surface area contributed by atoms with Gasteiger partial charge in [-0.05, 0) is 65.3 Å². The van der Waals surface area contributed by atoms with E-state index in [1.807, 2.05) is 42.5 Å². The van der Waals surface area contributed by atoms with E-state index >= 15 is 0 Å². The van der Waals surface area contributed by atoms with E-state index in [-0.39, 0.29) is 12.5 Å². The predicted molar refractivity (Wildman–Crippen MR) is 125 cm³/mol. The number of halogens is 1. The molecule has 0 saturated heterocycles. The third kappa shape index (κ3) is 4.76. The number of benzene rings is 2. The van der Waals surface area contributed by atoms with Gasteiger partial charge in [-0.1, -0.05) is 24.3 Å². The Morgan fingerprint density at radius 1 is 1.10 bits per heavy atom. The highest BCUT2D eigenvalue weighted by Crippen LogP contribution is 2.33. The fourth-order valence-electron chi connectivity index (χ4n) is 3.01. The number of esters is 1. The van der Waals surface area contributed by atoms with Crippen LogP contribution in [0.2, 0.25) is 0 Å². The van der Waals surface area contributed by atoms with Crippen molar-refractivity contribution < 1.29 is 14.3 Å². The Balaban J connectivity index is 1.68. The van der Waals surface area contributed by atoms with Gasteiger partial charge in [-0.2, -0.15) is 5.10 Å². The summed E-state index contributed by atoms with van der Waals surface area (Å²) in [6, 6.07) is 20.1. The first kappa shape index (κ1) is 21.0. The second-order valence-corrected chi connectivity index (χ2v) is 8.99. The van der Waals surface area contributed by atoms with Crippen molar-refractivity contribution >= 4 is 44.8 Å². The summed E-state index contributed by atoms with van der Waals surface area (Å²) < 4.78 is 7.67. The highest BCUT2D eigenvalue weighted by Gasteiger charge is 2.20. The van der Waals surface area contributed by atoms with E-state index in [9.17, 15) is 9.59 Å². The molecule has 31 heavy (non-hydrogen) atoms. The van der Waals surface area contributed by atoms with Gasteiger partial charge in [0.05, 0.1) is 32.1 Å². The molecule has 1 N–H and O–H groups in total. The average molecular weight is 496 g/mol. The van der Waals surface area contributed by atoms with Gasteiger partial charge in [0.1, 0.15) is 5.69 Å². The Kier molecular flexibility index (Phi) is 6.29. The first-order valence-electron chi connectivity index (χ1n) is 9.54. The average Bonchev–Trinajstić information content (AvgIpc) is 3.41. The SMILES string of the molecule is CCOC(=O)c1cccc(NC(=O)c2cn(-c3ccccc3)nc2-c2ccc(Br)s2)c1. The van der Waals surface area contributed by atoms with Crippen LogP contribution in [0.25, 0.3) is 16.3 Å². The number of nitrogens with zero attached hydrogens (tertiary/aromatic N) is 2. The van der Waals surface area contributed by atoms with Gasteiger partial charge in [-0.3, -0.25) is 4.79 Å². The Labute approximate surface area is 191 Å². The molecule has 0 aliphatic rings. The van der Waals surface area contributed by atoms with Crippen LogP contribution in [0.1, 0.15) is 27.6 Å². The monoisotopic (exact) mass is 495 g/mol. The van der Waals surface area contributed by atoms with Crippen molar-refractivity contribution in [2.75, 3.05) is 11.9 Å². The maximum Gasteiger partial charge on any atom is 0.338 e. The summed E-state index contributed by atoms with van der Waals surface area (Å²) >= 11 is 4.97. The first-order chi connectivity index (χ1) is 15.0. The summed E-state index contributed by atoms with van der Waals surface area (Å²) in [5.41, 5.74) is 2.74. The molecule has 2 aromatic heterocycles. The van der Waals surface area contributed by atoms with Gasteiger partial charge in [0.2, 0.25) is 0 Å². The zero-order valence-corrected chi connectivity index (χ0v) is 18.9. The van der Waals surface area contributed by atoms with Crippen molar-refractivity contribution in [1.29, 1.82) is 0 Å². The van der Waals surface area contributed by atoms with E-state index in [1.165, 1.54) is 11.3 Å². The summed E-state index contributed by atoms with van der Waals surface area (Å²) in [5.74, 6) is -0.748. The zero-order valence-electron chi connectivity index (χ0n) is 16.5. The lowest BCUT2D eigenvalue weighted by atomic mass is 10.1. The maximum atomic E-state index is 13.2. The molecule has 8 heteroatoms. The van der Waals surface area contributed by atoms with Crippen molar-refractivity contribution in [2.24, 2.45) is 0 Å². The number of hydrogen-bond acceptors (Lipinski definition) is 5. The molecule has 0 radical (unpaired) electrons. The maximum absolute atomic E-state index is 13.2. The number of hydrogen-bond donors (Lipinski definition) is 1. The minimum absolute atomic E-state index is 0.286. The number of anilines is 1. The number of para-hydroxylation sites is 1. The Morgan fingerprint density at radius 2 is 1.90 bits per heavy atom. The first-order valence-corrected chi connectivity index (χ1v) is 11.2.